The molecule has 2 N–H and O–H groups in total. The maximum atomic E-state index is 12.8. The van der Waals surface area contributed by atoms with Crippen molar-refractivity contribution in [3.05, 3.63) is 60.8 Å². The highest BCUT2D eigenvalue weighted by Gasteiger charge is 2.23. The lowest BCUT2D eigenvalue weighted by molar-refractivity contribution is -0.870. The number of rotatable bonds is 36. The van der Waals surface area contributed by atoms with Gasteiger partial charge in [-0.25, -0.2) is 0 Å². The van der Waals surface area contributed by atoms with Crippen LogP contribution in [0.2, 0.25) is 0 Å². The molecule has 0 aliphatic heterocycles. The van der Waals surface area contributed by atoms with Crippen molar-refractivity contribution < 1.29 is 32.9 Å². The Morgan fingerprint density at radius 1 is 0.673 bits per heavy atom. The van der Waals surface area contributed by atoms with Crippen molar-refractivity contribution in [2.45, 2.75) is 167 Å². The zero-order valence-electron chi connectivity index (χ0n) is 34.0. The molecule has 0 aromatic carbocycles. The summed E-state index contributed by atoms with van der Waals surface area (Å²) in [5.74, 6) is -0.225. The lowest BCUT2D eigenvalue weighted by Crippen LogP contribution is -2.45. The number of phosphoric ester groups is 1. The molecule has 9 heteroatoms. The molecular weight excluding hydrogens is 671 g/mol. The quantitative estimate of drug-likeness (QED) is 0.0286. The fourth-order valence-corrected chi connectivity index (χ4v) is 6.04. The van der Waals surface area contributed by atoms with Crippen molar-refractivity contribution in [3.8, 4) is 0 Å². The number of likely N-dealkylation sites (N-methyl/N-ethyl adjacent to an activating group) is 1. The molecule has 0 bridgehead atoms. The van der Waals surface area contributed by atoms with Crippen LogP contribution in [0, 0.1) is 0 Å². The summed E-state index contributed by atoms with van der Waals surface area (Å²) >= 11 is 0. The molecule has 52 heavy (non-hydrogen) atoms. The summed E-state index contributed by atoms with van der Waals surface area (Å²) < 4.78 is 23.1. The van der Waals surface area contributed by atoms with Gasteiger partial charge in [-0.3, -0.25) is 9.36 Å². The van der Waals surface area contributed by atoms with E-state index in [1.165, 1.54) is 64.2 Å². The summed E-state index contributed by atoms with van der Waals surface area (Å²) in [6, 6.07) is -0.913. The number of aliphatic hydroxyl groups is 1. The van der Waals surface area contributed by atoms with Crippen molar-refractivity contribution in [2.75, 3.05) is 40.9 Å². The molecule has 0 aromatic rings. The Bertz CT molecular complexity index is 1030. The second kappa shape index (κ2) is 34.9. The molecule has 0 spiro atoms. The number of nitrogens with one attached hydrogen (secondary N) is 1. The Hall–Kier alpha value is -1.80. The van der Waals surface area contributed by atoms with Gasteiger partial charge >= 0.3 is 0 Å². The zero-order chi connectivity index (χ0) is 38.6. The summed E-state index contributed by atoms with van der Waals surface area (Å²) in [4.78, 5) is 25.2. The molecule has 0 heterocycles. The molecular formula is C43H79N2O6P. The van der Waals surface area contributed by atoms with Gasteiger partial charge < -0.3 is 28.8 Å². The first-order chi connectivity index (χ1) is 25.0. The normalized spacial score (nSPS) is 15.1. The number of phosphoric acid groups is 1. The molecule has 3 unspecified atom stereocenters. The van der Waals surface area contributed by atoms with Crippen molar-refractivity contribution in [3.63, 3.8) is 0 Å². The highest BCUT2D eigenvalue weighted by molar-refractivity contribution is 7.45. The maximum Gasteiger partial charge on any atom is 0.268 e. The van der Waals surface area contributed by atoms with Gasteiger partial charge in [0.1, 0.15) is 13.2 Å². The van der Waals surface area contributed by atoms with E-state index in [-0.39, 0.29) is 12.5 Å². The highest BCUT2D eigenvalue weighted by Crippen LogP contribution is 2.38. The number of hydrogen-bond donors (Lipinski definition) is 2. The predicted molar refractivity (Wildman–Crippen MR) is 219 cm³/mol. The van der Waals surface area contributed by atoms with Gasteiger partial charge in [0.15, 0.2) is 0 Å². The Labute approximate surface area is 320 Å². The first-order valence-electron chi connectivity index (χ1n) is 20.7. The van der Waals surface area contributed by atoms with Gasteiger partial charge in [0.05, 0.1) is 39.9 Å². The van der Waals surface area contributed by atoms with Gasteiger partial charge in [-0.1, -0.05) is 139 Å². The number of nitrogens with zero attached hydrogens (tertiary/aromatic N) is 1. The summed E-state index contributed by atoms with van der Waals surface area (Å²) in [7, 11) is 1.22. The van der Waals surface area contributed by atoms with Gasteiger partial charge in [-0.05, 0) is 70.6 Å². The summed E-state index contributed by atoms with van der Waals surface area (Å²) in [5.41, 5.74) is 0. The monoisotopic (exact) mass is 751 g/mol. The second-order valence-electron chi connectivity index (χ2n) is 15.0. The Kier molecular flexibility index (Phi) is 33.7. The van der Waals surface area contributed by atoms with Gasteiger partial charge in [0, 0.05) is 6.42 Å². The number of carbonyl (C=O) groups excluding carboxylic acids is 1. The van der Waals surface area contributed by atoms with Gasteiger partial charge in [0.2, 0.25) is 5.91 Å². The smallest absolute Gasteiger partial charge is 0.268 e. The van der Waals surface area contributed by atoms with Crippen LogP contribution in [-0.2, 0) is 18.4 Å². The van der Waals surface area contributed by atoms with Crippen LogP contribution in [0.15, 0.2) is 60.8 Å². The van der Waals surface area contributed by atoms with Gasteiger partial charge in [-0.2, -0.15) is 0 Å². The first-order valence-corrected chi connectivity index (χ1v) is 22.1. The molecule has 0 aromatic heterocycles. The molecule has 0 rings (SSSR count). The van der Waals surface area contributed by atoms with Crippen LogP contribution in [0.1, 0.15) is 155 Å². The standard InChI is InChI=1S/C43H79N2O6P/c1-6-8-10-12-14-16-18-20-21-22-23-24-25-27-29-31-33-35-37-43(47)44-41(40-51-52(48,49)50-39-38-45(3,4)5)42(46)36-34-32-30-28-26-19-17-15-13-11-9-7-2/h13,15-16,18,21-22,26,28,34,36,41-42,46H,6-12,14,17,19-20,23-25,27,29-33,35,37-40H2,1-5H3,(H-,44,47,48,49)/b15-13+,18-16-,22-21-,28-26+,36-34+. The molecule has 1 amide bonds. The number of hydrogen-bond acceptors (Lipinski definition) is 6. The van der Waals surface area contributed by atoms with E-state index in [0.717, 1.165) is 70.6 Å². The Morgan fingerprint density at radius 3 is 1.73 bits per heavy atom. The summed E-state index contributed by atoms with van der Waals surface area (Å²) in [5, 5.41) is 13.7. The Morgan fingerprint density at radius 2 is 1.15 bits per heavy atom. The number of aliphatic hydroxyl groups excluding tert-OH is 1. The average Bonchev–Trinajstić information content (AvgIpc) is 3.09. The third-order valence-electron chi connectivity index (χ3n) is 8.68. The van der Waals surface area contributed by atoms with Crippen LogP contribution in [-0.4, -0.2) is 68.5 Å². The van der Waals surface area contributed by atoms with Crippen molar-refractivity contribution in [1.29, 1.82) is 0 Å². The van der Waals surface area contributed by atoms with Crippen molar-refractivity contribution in [1.82, 2.24) is 5.32 Å². The van der Waals surface area contributed by atoms with Crippen LogP contribution in [0.4, 0.5) is 0 Å². The fourth-order valence-electron chi connectivity index (χ4n) is 5.32. The lowest BCUT2D eigenvalue weighted by Gasteiger charge is -2.29. The molecule has 0 saturated heterocycles. The van der Waals surface area contributed by atoms with Crippen LogP contribution in [0.3, 0.4) is 0 Å². The van der Waals surface area contributed by atoms with Crippen LogP contribution < -0.4 is 10.2 Å². The number of unbranched alkanes of at least 4 members (excludes halogenated alkanes) is 15. The first kappa shape index (κ1) is 50.2. The summed E-state index contributed by atoms with van der Waals surface area (Å²) in [6.07, 6.45) is 44.1. The third kappa shape index (κ3) is 36.6. The van der Waals surface area contributed by atoms with Gasteiger partial charge in [-0.15, -0.1) is 0 Å². The van der Waals surface area contributed by atoms with E-state index in [0.29, 0.717) is 17.4 Å². The molecule has 0 aliphatic rings. The zero-order valence-corrected chi connectivity index (χ0v) is 34.9. The number of allylic oxidation sites excluding steroid dienone is 9. The van der Waals surface area contributed by atoms with E-state index in [4.69, 9.17) is 9.05 Å². The Balaban J connectivity index is 4.52. The van der Waals surface area contributed by atoms with Gasteiger partial charge in [0.25, 0.3) is 7.82 Å². The predicted octanol–water partition coefficient (Wildman–Crippen LogP) is 10.4. The number of amides is 1. The van der Waals surface area contributed by atoms with Crippen molar-refractivity contribution in [2.24, 2.45) is 0 Å². The molecule has 302 valence electrons. The second-order valence-corrected chi connectivity index (χ2v) is 16.4. The lowest BCUT2D eigenvalue weighted by atomic mass is 10.1. The minimum Gasteiger partial charge on any atom is -0.756 e. The van der Waals surface area contributed by atoms with Crippen LogP contribution in [0.5, 0.6) is 0 Å². The van der Waals surface area contributed by atoms with Crippen LogP contribution in [0.25, 0.3) is 0 Å². The van der Waals surface area contributed by atoms with E-state index >= 15 is 0 Å². The van der Waals surface area contributed by atoms with E-state index in [1.54, 1.807) is 6.08 Å². The molecule has 0 aliphatic carbocycles. The fraction of sp³-hybridized carbons (Fsp3) is 0.744. The number of quaternary nitrogens is 1. The maximum absolute atomic E-state index is 12.8. The molecule has 0 radical (unpaired) electrons. The average molecular weight is 751 g/mol. The van der Waals surface area contributed by atoms with E-state index in [9.17, 15) is 19.4 Å². The highest BCUT2D eigenvalue weighted by atomic mass is 31.2. The molecule has 0 fully saturated rings. The van der Waals surface area contributed by atoms with E-state index < -0.39 is 26.6 Å². The minimum absolute atomic E-state index is 0.0133. The minimum atomic E-state index is -4.60. The SMILES string of the molecule is CCCC/C=C/CC/C=C/CC/C=C/C(O)C(COP(=O)([O-])OCC[N+](C)(C)C)NC(=O)CCCCCCCCC/C=C\C/C=C\CCCCCC. The largest absolute Gasteiger partial charge is 0.756 e. The molecule has 0 saturated carbocycles. The van der Waals surface area contributed by atoms with E-state index in [1.807, 2.05) is 27.2 Å². The topological polar surface area (TPSA) is 108 Å². The summed E-state index contributed by atoms with van der Waals surface area (Å²) in [6.45, 7) is 4.51. The third-order valence-corrected chi connectivity index (χ3v) is 9.64. The number of carbonyl (C=O) groups is 1. The molecule has 3 atom stereocenters. The van der Waals surface area contributed by atoms with E-state index in [2.05, 4.69) is 67.8 Å². The molecule has 8 nitrogen and oxygen atoms in total. The van der Waals surface area contributed by atoms with Crippen LogP contribution >= 0.6 is 7.82 Å². The van der Waals surface area contributed by atoms with Crippen molar-refractivity contribution >= 4 is 13.7 Å².